The summed E-state index contributed by atoms with van der Waals surface area (Å²) < 4.78 is 4.32. The number of aromatic nitrogens is 4. The summed E-state index contributed by atoms with van der Waals surface area (Å²) >= 11 is 1.48. The number of hydrogen-bond acceptors (Lipinski definition) is 5. The summed E-state index contributed by atoms with van der Waals surface area (Å²) in [6.45, 7) is 5.81. The Morgan fingerprint density at radius 2 is 1.78 bits per heavy atom. The molecule has 0 spiro atoms. The van der Waals surface area contributed by atoms with Crippen molar-refractivity contribution in [2.24, 2.45) is 14.1 Å². The Kier molecular flexibility index (Phi) is 7.71. The Hall–Kier alpha value is -3.10. The van der Waals surface area contributed by atoms with Gasteiger partial charge in [0.2, 0.25) is 0 Å². The second-order valence-electron chi connectivity index (χ2n) is 7.34. The van der Waals surface area contributed by atoms with Crippen molar-refractivity contribution in [3.05, 3.63) is 81.5 Å². The van der Waals surface area contributed by atoms with Gasteiger partial charge in [0.25, 0.3) is 5.56 Å². The predicted octanol–water partition coefficient (Wildman–Crippen LogP) is 3.30. The molecule has 0 saturated heterocycles. The van der Waals surface area contributed by atoms with E-state index in [9.17, 15) is 9.59 Å². The van der Waals surface area contributed by atoms with Gasteiger partial charge in [-0.1, -0.05) is 48.5 Å². The lowest BCUT2D eigenvalue weighted by Gasteiger charge is -2.10. The zero-order chi connectivity index (χ0) is 23.3. The third-order valence-corrected chi connectivity index (χ3v) is 6.22. The number of allylic oxidation sites excluding steroid dienone is 1. The highest BCUT2D eigenvalue weighted by Gasteiger charge is 2.20. The van der Waals surface area contributed by atoms with E-state index >= 15 is 0 Å². The van der Waals surface area contributed by atoms with Crippen LogP contribution in [0.1, 0.15) is 18.9 Å². The molecule has 1 N–H and O–H groups in total. The number of aliphatic hydroxyl groups excluding tert-OH is 1. The van der Waals surface area contributed by atoms with Gasteiger partial charge in [-0.25, -0.2) is 4.79 Å². The van der Waals surface area contributed by atoms with Gasteiger partial charge in [0.15, 0.2) is 5.65 Å². The molecular formula is C24H28N4O3S. The number of thioether (sulfide) groups is 1. The van der Waals surface area contributed by atoms with Crippen molar-refractivity contribution in [3.63, 3.8) is 0 Å². The Morgan fingerprint density at radius 3 is 2.50 bits per heavy atom. The standard InChI is InChI=1S/C21H22N4O3S.C3H6/c1-23-18-17(19(27)24(2)21(23)28)20(29-12-6-11-26)25(22-18)13-15-9-5-8-14-7-3-4-10-16(14)15;1-3-2/h3-5,7-10,26H,6,11-13H2,1-2H3;3H,1H2,2H3. The number of hydrogen-bond donors (Lipinski definition) is 1. The molecule has 32 heavy (non-hydrogen) atoms. The van der Waals surface area contributed by atoms with Gasteiger partial charge in [-0.2, -0.15) is 5.10 Å². The topological polar surface area (TPSA) is 82.1 Å². The van der Waals surface area contributed by atoms with Gasteiger partial charge >= 0.3 is 5.69 Å². The van der Waals surface area contributed by atoms with Crippen LogP contribution in [0.3, 0.4) is 0 Å². The van der Waals surface area contributed by atoms with E-state index in [1.807, 2.05) is 31.2 Å². The van der Waals surface area contributed by atoms with E-state index in [1.54, 1.807) is 17.8 Å². The van der Waals surface area contributed by atoms with E-state index in [-0.39, 0.29) is 12.2 Å². The van der Waals surface area contributed by atoms with Crippen LogP contribution in [0.4, 0.5) is 0 Å². The Labute approximate surface area is 190 Å². The smallest absolute Gasteiger partial charge is 0.332 e. The number of aryl methyl sites for hydroxylation is 1. The van der Waals surface area contributed by atoms with Crippen LogP contribution in [-0.2, 0) is 20.6 Å². The molecule has 8 heteroatoms. The minimum Gasteiger partial charge on any atom is -0.396 e. The van der Waals surface area contributed by atoms with Gasteiger partial charge in [-0.3, -0.25) is 18.6 Å². The van der Waals surface area contributed by atoms with Crippen LogP contribution in [0.2, 0.25) is 0 Å². The molecule has 0 aliphatic rings. The number of rotatable bonds is 6. The lowest BCUT2D eigenvalue weighted by molar-refractivity contribution is 0.296. The second kappa shape index (κ2) is 10.5. The summed E-state index contributed by atoms with van der Waals surface area (Å²) in [4.78, 5) is 25.2. The zero-order valence-corrected chi connectivity index (χ0v) is 19.4. The number of aliphatic hydroxyl groups is 1. The van der Waals surface area contributed by atoms with Crippen molar-refractivity contribution in [1.82, 2.24) is 18.9 Å². The molecule has 0 fully saturated rings. The maximum absolute atomic E-state index is 12.9. The third kappa shape index (κ3) is 4.56. The Bertz CT molecular complexity index is 1360. The second-order valence-corrected chi connectivity index (χ2v) is 8.42. The fourth-order valence-corrected chi connectivity index (χ4v) is 4.55. The summed E-state index contributed by atoms with van der Waals surface area (Å²) in [5.41, 5.74) is 0.717. The summed E-state index contributed by atoms with van der Waals surface area (Å²) in [7, 11) is 3.11. The van der Waals surface area contributed by atoms with E-state index in [4.69, 9.17) is 5.11 Å². The maximum Gasteiger partial charge on any atom is 0.332 e. The first kappa shape index (κ1) is 23.6. The third-order valence-electron chi connectivity index (χ3n) is 5.04. The van der Waals surface area contributed by atoms with Gasteiger partial charge in [-0.15, -0.1) is 18.3 Å². The van der Waals surface area contributed by atoms with Crippen LogP contribution in [0.5, 0.6) is 0 Å². The minimum absolute atomic E-state index is 0.0822. The minimum atomic E-state index is -0.399. The highest BCUT2D eigenvalue weighted by Crippen LogP contribution is 2.28. The first-order valence-corrected chi connectivity index (χ1v) is 11.4. The zero-order valence-electron chi connectivity index (χ0n) is 18.6. The van der Waals surface area contributed by atoms with Crippen LogP contribution in [-0.4, -0.2) is 36.4 Å². The molecular weight excluding hydrogens is 424 g/mol. The molecule has 4 rings (SSSR count). The summed E-state index contributed by atoms with van der Waals surface area (Å²) in [6, 6.07) is 14.3. The maximum atomic E-state index is 12.9. The van der Waals surface area contributed by atoms with Crippen LogP contribution in [0, 0.1) is 0 Å². The molecule has 0 aliphatic heterocycles. The summed E-state index contributed by atoms with van der Waals surface area (Å²) in [5.74, 6) is 0.652. The summed E-state index contributed by atoms with van der Waals surface area (Å²) in [6.07, 6.45) is 2.36. The van der Waals surface area contributed by atoms with Gasteiger partial charge in [0.05, 0.1) is 6.54 Å². The van der Waals surface area contributed by atoms with Gasteiger partial charge in [0.1, 0.15) is 10.4 Å². The molecule has 0 radical (unpaired) electrons. The molecule has 0 aliphatic carbocycles. The van der Waals surface area contributed by atoms with Gasteiger partial charge < -0.3 is 5.11 Å². The number of nitrogens with zero attached hydrogens (tertiary/aromatic N) is 4. The molecule has 0 bridgehead atoms. The first-order chi connectivity index (χ1) is 15.4. The highest BCUT2D eigenvalue weighted by atomic mass is 32.2. The largest absolute Gasteiger partial charge is 0.396 e. The van der Waals surface area contributed by atoms with Crippen molar-refractivity contribution in [2.45, 2.75) is 24.9 Å². The summed E-state index contributed by atoms with van der Waals surface area (Å²) in [5, 5.41) is 17.2. The van der Waals surface area contributed by atoms with E-state index < -0.39 is 5.69 Å². The molecule has 0 atom stereocenters. The van der Waals surface area contributed by atoms with E-state index in [1.165, 1.54) is 23.4 Å². The molecule has 2 aromatic carbocycles. The quantitative estimate of drug-likeness (QED) is 0.276. The van der Waals surface area contributed by atoms with Crippen molar-refractivity contribution >= 4 is 33.6 Å². The van der Waals surface area contributed by atoms with Crippen LogP contribution in [0.25, 0.3) is 21.8 Å². The Morgan fingerprint density at radius 1 is 1.09 bits per heavy atom. The lowest BCUT2D eigenvalue weighted by Crippen LogP contribution is -2.36. The Balaban J connectivity index is 0.000000913. The van der Waals surface area contributed by atoms with Crippen molar-refractivity contribution in [2.75, 3.05) is 12.4 Å². The number of benzene rings is 2. The highest BCUT2D eigenvalue weighted by molar-refractivity contribution is 7.99. The lowest BCUT2D eigenvalue weighted by atomic mass is 10.0. The predicted molar refractivity (Wildman–Crippen MR) is 132 cm³/mol. The van der Waals surface area contributed by atoms with Crippen molar-refractivity contribution < 1.29 is 5.11 Å². The van der Waals surface area contributed by atoms with Crippen molar-refractivity contribution in [1.29, 1.82) is 0 Å². The molecule has 7 nitrogen and oxygen atoms in total. The molecule has 2 heterocycles. The van der Waals surface area contributed by atoms with Crippen LogP contribution < -0.4 is 11.2 Å². The molecule has 2 aromatic heterocycles. The molecule has 0 amide bonds. The molecule has 0 unspecified atom stereocenters. The van der Waals surface area contributed by atoms with Crippen LogP contribution >= 0.6 is 11.8 Å². The van der Waals surface area contributed by atoms with Gasteiger partial charge in [0, 0.05) is 26.5 Å². The monoisotopic (exact) mass is 452 g/mol. The molecule has 0 saturated carbocycles. The normalized spacial score (nSPS) is 10.9. The average Bonchev–Trinajstić information content (AvgIpc) is 3.15. The molecule has 4 aromatic rings. The van der Waals surface area contributed by atoms with Gasteiger partial charge in [-0.05, 0) is 29.7 Å². The fraction of sp³-hybridized carbons (Fsp3) is 0.292. The van der Waals surface area contributed by atoms with E-state index in [0.717, 1.165) is 25.9 Å². The van der Waals surface area contributed by atoms with Crippen LogP contribution in [0.15, 0.2) is 69.7 Å². The number of fused-ring (bicyclic) bond motifs is 2. The first-order valence-electron chi connectivity index (χ1n) is 10.4. The van der Waals surface area contributed by atoms with E-state index in [0.29, 0.717) is 29.8 Å². The van der Waals surface area contributed by atoms with Crippen molar-refractivity contribution in [3.8, 4) is 0 Å². The SMILES string of the molecule is C=CC.Cn1c(=O)c2c(SCCCO)n(Cc3cccc4ccccc34)nc2n(C)c1=O. The fourth-order valence-electron chi connectivity index (χ4n) is 3.51. The molecule has 168 valence electrons. The van der Waals surface area contributed by atoms with E-state index in [2.05, 4.69) is 29.9 Å². The average molecular weight is 453 g/mol.